The second kappa shape index (κ2) is 7.18. The molecule has 2 aromatic rings. The number of anilines is 2. The fourth-order valence-electron chi connectivity index (χ4n) is 2.40. The summed E-state index contributed by atoms with van der Waals surface area (Å²) in [6.07, 6.45) is 0. The van der Waals surface area contributed by atoms with Crippen molar-refractivity contribution in [3.8, 4) is 5.75 Å². The van der Waals surface area contributed by atoms with E-state index in [1.54, 1.807) is 18.2 Å². The molecule has 1 aliphatic rings. The molecule has 3 nitrogen and oxygen atoms in total. The summed E-state index contributed by atoms with van der Waals surface area (Å²) >= 11 is 0. The van der Waals surface area contributed by atoms with Gasteiger partial charge in [-0.3, -0.25) is 0 Å². The number of ether oxygens (including phenoxy) is 1. The van der Waals surface area contributed by atoms with E-state index in [1.807, 2.05) is 12.1 Å². The molecule has 0 bridgehead atoms. The monoisotopic (exact) mass is 308 g/mol. The summed E-state index contributed by atoms with van der Waals surface area (Å²) in [5.74, 6) is 0.00382. The third-order valence-corrected chi connectivity index (χ3v) is 3.40. The minimum absolute atomic E-state index is 0. The van der Waals surface area contributed by atoms with Crippen LogP contribution in [0.25, 0.3) is 0 Å². The molecule has 21 heavy (non-hydrogen) atoms. The standard InChI is InChI=1S/C16H17FN2O.ClH/c17-13-5-1-4-8-16(13)20-12-11-19-10-9-18-14-6-2-3-7-15(14)19;/h1-8,18H,9-12H2;1H. The van der Waals surface area contributed by atoms with Gasteiger partial charge < -0.3 is 15.0 Å². The largest absolute Gasteiger partial charge is 0.489 e. The van der Waals surface area contributed by atoms with Crippen LogP contribution >= 0.6 is 12.4 Å². The highest BCUT2D eigenvalue weighted by Crippen LogP contribution is 2.28. The van der Waals surface area contributed by atoms with Crippen LogP contribution in [0.15, 0.2) is 48.5 Å². The topological polar surface area (TPSA) is 24.5 Å². The molecule has 0 unspecified atom stereocenters. The molecule has 1 heterocycles. The highest BCUT2D eigenvalue weighted by molar-refractivity contribution is 5.85. The van der Waals surface area contributed by atoms with Crippen molar-refractivity contribution >= 4 is 23.8 Å². The van der Waals surface area contributed by atoms with Crippen molar-refractivity contribution in [1.29, 1.82) is 0 Å². The van der Waals surface area contributed by atoms with Crippen LogP contribution in [0.3, 0.4) is 0 Å². The first-order chi connectivity index (χ1) is 9.84. The van der Waals surface area contributed by atoms with Gasteiger partial charge in [-0.25, -0.2) is 4.39 Å². The zero-order valence-electron chi connectivity index (χ0n) is 11.6. The van der Waals surface area contributed by atoms with Crippen LogP contribution in [-0.4, -0.2) is 26.2 Å². The lowest BCUT2D eigenvalue weighted by molar-refractivity contribution is 0.307. The molecule has 0 amide bonds. The lowest BCUT2D eigenvalue weighted by atomic mass is 10.2. The predicted octanol–water partition coefficient (Wildman–Crippen LogP) is 3.56. The van der Waals surface area contributed by atoms with Gasteiger partial charge in [0.15, 0.2) is 11.6 Å². The smallest absolute Gasteiger partial charge is 0.165 e. The molecular formula is C16H18ClFN2O. The zero-order valence-corrected chi connectivity index (χ0v) is 12.4. The summed E-state index contributed by atoms with van der Waals surface area (Å²) in [4.78, 5) is 2.26. The van der Waals surface area contributed by atoms with Crippen LogP contribution in [0.4, 0.5) is 15.8 Å². The minimum atomic E-state index is -0.312. The number of hydrogen-bond donors (Lipinski definition) is 1. The molecule has 0 atom stereocenters. The second-order valence-electron chi connectivity index (χ2n) is 4.71. The van der Waals surface area contributed by atoms with Gasteiger partial charge in [0.25, 0.3) is 0 Å². The van der Waals surface area contributed by atoms with Gasteiger partial charge in [-0.15, -0.1) is 12.4 Å². The van der Waals surface area contributed by atoms with Gasteiger partial charge in [0.1, 0.15) is 6.61 Å². The number of nitrogens with one attached hydrogen (secondary N) is 1. The van der Waals surface area contributed by atoms with Crippen LogP contribution in [0.2, 0.25) is 0 Å². The van der Waals surface area contributed by atoms with Crippen molar-refractivity contribution in [2.45, 2.75) is 0 Å². The molecule has 0 spiro atoms. The number of nitrogens with zero attached hydrogens (tertiary/aromatic N) is 1. The Morgan fingerprint density at radius 2 is 1.86 bits per heavy atom. The highest BCUT2D eigenvalue weighted by Gasteiger charge is 2.15. The Labute approximate surface area is 130 Å². The summed E-state index contributed by atoms with van der Waals surface area (Å²) in [7, 11) is 0. The number of para-hydroxylation sites is 3. The summed E-state index contributed by atoms with van der Waals surface area (Å²) in [5, 5.41) is 3.37. The Kier molecular flexibility index (Phi) is 5.28. The summed E-state index contributed by atoms with van der Waals surface area (Å²) in [6.45, 7) is 3.05. The van der Waals surface area contributed by atoms with Gasteiger partial charge in [-0.2, -0.15) is 0 Å². The SMILES string of the molecule is Cl.Fc1ccccc1OCCN1CCNc2ccccc21. The second-order valence-corrected chi connectivity index (χ2v) is 4.71. The van der Waals surface area contributed by atoms with Crippen LogP contribution in [0.1, 0.15) is 0 Å². The van der Waals surface area contributed by atoms with E-state index in [0.717, 1.165) is 25.3 Å². The van der Waals surface area contributed by atoms with Crippen molar-refractivity contribution < 1.29 is 9.13 Å². The van der Waals surface area contributed by atoms with Gasteiger partial charge in [0, 0.05) is 13.1 Å². The molecule has 5 heteroatoms. The quantitative estimate of drug-likeness (QED) is 0.934. The van der Waals surface area contributed by atoms with Crippen molar-refractivity contribution in [2.75, 3.05) is 36.5 Å². The molecule has 0 saturated carbocycles. The Morgan fingerprint density at radius 1 is 1.10 bits per heavy atom. The molecule has 3 rings (SSSR count). The Hall–Kier alpha value is -1.94. The maximum atomic E-state index is 13.4. The molecular weight excluding hydrogens is 291 g/mol. The van der Waals surface area contributed by atoms with E-state index in [0.29, 0.717) is 12.4 Å². The van der Waals surface area contributed by atoms with Crippen molar-refractivity contribution in [1.82, 2.24) is 0 Å². The van der Waals surface area contributed by atoms with Gasteiger partial charge in [0.05, 0.1) is 17.9 Å². The minimum Gasteiger partial charge on any atom is -0.489 e. The molecule has 0 saturated heterocycles. The third-order valence-electron chi connectivity index (χ3n) is 3.40. The number of benzene rings is 2. The fraction of sp³-hybridized carbons (Fsp3) is 0.250. The molecule has 2 aromatic carbocycles. The van der Waals surface area contributed by atoms with Crippen LogP contribution in [0, 0.1) is 5.82 Å². The van der Waals surface area contributed by atoms with E-state index < -0.39 is 0 Å². The zero-order chi connectivity index (χ0) is 13.8. The summed E-state index contributed by atoms with van der Waals surface area (Å²) in [6, 6.07) is 14.7. The van der Waals surface area contributed by atoms with Crippen LogP contribution < -0.4 is 15.0 Å². The molecule has 1 N–H and O–H groups in total. The van der Waals surface area contributed by atoms with E-state index in [1.165, 1.54) is 11.8 Å². The van der Waals surface area contributed by atoms with Gasteiger partial charge in [-0.05, 0) is 24.3 Å². The number of halogens is 2. The van der Waals surface area contributed by atoms with E-state index in [2.05, 4.69) is 22.3 Å². The molecule has 112 valence electrons. The maximum Gasteiger partial charge on any atom is 0.165 e. The average Bonchev–Trinajstić information content (AvgIpc) is 2.49. The summed E-state index contributed by atoms with van der Waals surface area (Å²) in [5.41, 5.74) is 2.32. The average molecular weight is 309 g/mol. The maximum absolute atomic E-state index is 13.4. The summed E-state index contributed by atoms with van der Waals surface area (Å²) < 4.78 is 19.0. The highest BCUT2D eigenvalue weighted by atomic mass is 35.5. The number of rotatable bonds is 4. The van der Waals surface area contributed by atoms with Gasteiger partial charge in [0.2, 0.25) is 0 Å². The number of fused-ring (bicyclic) bond motifs is 1. The first-order valence-electron chi connectivity index (χ1n) is 6.80. The Balaban J connectivity index is 0.00000161. The first kappa shape index (κ1) is 15.4. The normalized spacial score (nSPS) is 12.9. The van der Waals surface area contributed by atoms with E-state index >= 15 is 0 Å². The van der Waals surface area contributed by atoms with Gasteiger partial charge in [-0.1, -0.05) is 24.3 Å². The molecule has 0 aliphatic carbocycles. The third kappa shape index (κ3) is 3.58. The van der Waals surface area contributed by atoms with Crippen molar-refractivity contribution in [3.63, 3.8) is 0 Å². The molecule has 0 fully saturated rings. The molecule has 0 radical (unpaired) electrons. The van der Waals surface area contributed by atoms with E-state index in [-0.39, 0.29) is 18.2 Å². The van der Waals surface area contributed by atoms with Crippen LogP contribution in [0.5, 0.6) is 5.75 Å². The lowest BCUT2D eigenvalue weighted by Gasteiger charge is -2.31. The molecule has 1 aliphatic heterocycles. The van der Waals surface area contributed by atoms with Crippen molar-refractivity contribution in [2.24, 2.45) is 0 Å². The van der Waals surface area contributed by atoms with Gasteiger partial charge >= 0.3 is 0 Å². The molecule has 0 aromatic heterocycles. The fourth-order valence-corrected chi connectivity index (χ4v) is 2.40. The van der Waals surface area contributed by atoms with Crippen LogP contribution in [-0.2, 0) is 0 Å². The first-order valence-corrected chi connectivity index (χ1v) is 6.80. The van der Waals surface area contributed by atoms with E-state index in [4.69, 9.17) is 4.74 Å². The van der Waals surface area contributed by atoms with E-state index in [9.17, 15) is 4.39 Å². The number of hydrogen-bond acceptors (Lipinski definition) is 3. The Bertz CT molecular complexity index is 594. The lowest BCUT2D eigenvalue weighted by Crippen LogP contribution is -2.36. The Morgan fingerprint density at radius 3 is 2.71 bits per heavy atom. The predicted molar refractivity (Wildman–Crippen MR) is 86.3 cm³/mol. The van der Waals surface area contributed by atoms with Crippen molar-refractivity contribution in [3.05, 3.63) is 54.3 Å².